The summed E-state index contributed by atoms with van der Waals surface area (Å²) >= 11 is 3.15. The van der Waals surface area contributed by atoms with Gasteiger partial charge in [-0.25, -0.2) is 4.39 Å². The summed E-state index contributed by atoms with van der Waals surface area (Å²) < 4.78 is 42.7. The van der Waals surface area contributed by atoms with Crippen LogP contribution in [0.4, 0.5) is 18.9 Å². The average Bonchev–Trinajstić information content (AvgIpc) is 2.41. The predicted octanol–water partition coefficient (Wildman–Crippen LogP) is 4.80. The topological polar surface area (TPSA) is 21.3 Å². The Morgan fingerprint density at radius 1 is 1.10 bits per heavy atom. The van der Waals surface area contributed by atoms with Gasteiger partial charge >= 0.3 is 6.61 Å². The first-order chi connectivity index (χ1) is 9.58. The first-order valence-electron chi connectivity index (χ1n) is 5.78. The molecule has 0 atom stereocenters. The van der Waals surface area contributed by atoms with Gasteiger partial charge < -0.3 is 10.1 Å². The summed E-state index contributed by atoms with van der Waals surface area (Å²) in [6.45, 7) is -2.61. The lowest BCUT2D eigenvalue weighted by Gasteiger charge is -2.13. The smallest absolute Gasteiger partial charge is 0.387 e. The molecule has 2 aromatic rings. The molecule has 106 valence electrons. The molecule has 0 bridgehead atoms. The van der Waals surface area contributed by atoms with E-state index in [9.17, 15) is 13.2 Å². The van der Waals surface area contributed by atoms with Gasteiger partial charge in [0.15, 0.2) is 0 Å². The van der Waals surface area contributed by atoms with Crippen molar-refractivity contribution in [1.82, 2.24) is 0 Å². The fourth-order valence-electron chi connectivity index (χ4n) is 1.69. The van der Waals surface area contributed by atoms with Gasteiger partial charge in [0.05, 0.1) is 10.2 Å². The van der Waals surface area contributed by atoms with Crippen LogP contribution in [0.1, 0.15) is 5.56 Å². The standard InChI is InChI=1S/C14H11BrF3NO/c15-13-9(4-3-5-10(13)16)8-19-11-6-1-2-7-12(11)20-14(17)18/h1-7,14,19H,8H2. The molecule has 0 spiro atoms. The number of para-hydroxylation sites is 2. The number of hydrogen-bond acceptors (Lipinski definition) is 2. The minimum atomic E-state index is -2.89. The first kappa shape index (κ1) is 14.7. The molecule has 0 unspecified atom stereocenters. The summed E-state index contributed by atoms with van der Waals surface area (Å²) in [5.41, 5.74) is 1.10. The zero-order chi connectivity index (χ0) is 14.5. The number of anilines is 1. The molecule has 1 N–H and O–H groups in total. The van der Waals surface area contributed by atoms with Crippen molar-refractivity contribution in [2.45, 2.75) is 13.2 Å². The molecule has 0 aliphatic carbocycles. The average molecular weight is 346 g/mol. The van der Waals surface area contributed by atoms with Crippen molar-refractivity contribution < 1.29 is 17.9 Å². The van der Waals surface area contributed by atoms with Gasteiger partial charge in [0.1, 0.15) is 11.6 Å². The van der Waals surface area contributed by atoms with Crippen LogP contribution in [0, 0.1) is 5.82 Å². The Balaban J connectivity index is 2.13. The third kappa shape index (κ3) is 3.66. The van der Waals surface area contributed by atoms with Gasteiger partial charge in [0, 0.05) is 6.54 Å². The SMILES string of the molecule is Fc1cccc(CNc2ccccc2OC(F)F)c1Br. The predicted molar refractivity (Wildman–Crippen MR) is 74.5 cm³/mol. The molecular formula is C14H11BrF3NO. The fraction of sp³-hybridized carbons (Fsp3) is 0.143. The normalized spacial score (nSPS) is 10.7. The van der Waals surface area contributed by atoms with Crippen LogP contribution in [0.3, 0.4) is 0 Å². The van der Waals surface area contributed by atoms with E-state index in [0.29, 0.717) is 15.7 Å². The number of hydrogen-bond donors (Lipinski definition) is 1. The highest BCUT2D eigenvalue weighted by Crippen LogP contribution is 2.27. The molecule has 20 heavy (non-hydrogen) atoms. The highest BCUT2D eigenvalue weighted by atomic mass is 79.9. The van der Waals surface area contributed by atoms with Crippen molar-refractivity contribution in [2.24, 2.45) is 0 Å². The van der Waals surface area contributed by atoms with E-state index in [2.05, 4.69) is 26.0 Å². The summed E-state index contributed by atoms with van der Waals surface area (Å²) in [7, 11) is 0. The zero-order valence-corrected chi connectivity index (χ0v) is 11.8. The molecule has 6 heteroatoms. The Kier molecular flexibility index (Phi) is 4.89. The summed E-state index contributed by atoms with van der Waals surface area (Å²) in [4.78, 5) is 0. The minimum Gasteiger partial charge on any atom is -0.433 e. The third-order valence-electron chi connectivity index (χ3n) is 2.60. The van der Waals surface area contributed by atoms with Gasteiger partial charge in [0.25, 0.3) is 0 Å². The maximum atomic E-state index is 13.4. The Morgan fingerprint density at radius 2 is 1.85 bits per heavy atom. The highest BCUT2D eigenvalue weighted by Gasteiger charge is 2.10. The van der Waals surface area contributed by atoms with Crippen LogP contribution in [-0.2, 0) is 6.54 Å². The second kappa shape index (κ2) is 6.65. The number of ether oxygens (including phenoxy) is 1. The molecule has 2 aromatic carbocycles. The first-order valence-corrected chi connectivity index (χ1v) is 6.58. The number of halogens is 4. The number of rotatable bonds is 5. The highest BCUT2D eigenvalue weighted by molar-refractivity contribution is 9.10. The lowest BCUT2D eigenvalue weighted by molar-refractivity contribution is -0.0493. The van der Waals surface area contributed by atoms with Crippen LogP contribution in [0.2, 0.25) is 0 Å². The second-order valence-electron chi connectivity index (χ2n) is 3.94. The largest absolute Gasteiger partial charge is 0.433 e. The molecule has 0 radical (unpaired) electrons. The maximum Gasteiger partial charge on any atom is 0.387 e. The fourth-order valence-corrected chi connectivity index (χ4v) is 2.09. The Bertz CT molecular complexity index is 592. The van der Waals surface area contributed by atoms with Gasteiger partial charge in [-0.2, -0.15) is 8.78 Å². The lowest BCUT2D eigenvalue weighted by atomic mass is 10.2. The molecule has 0 aliphatic heterocycles. The van der Waals surface area contributed by atoms with Crippen LogP contribution in [0.5, 0.6) is 5.75 Å². The quantitative estimate of drug-likeness (QED) is 0.840. The molecule has 0 saturated heterocycles. The van der Waals surface area contributed by atoms with Crippen molar-refractivity contribution >= 4 is 21.6 Å². The lowest BCUT2D eigenvalue weighted by Crippen LogP contribution is -2.07. The Labute approximate surface area is 122 Å². The summed E-state index contributed by atoms with van der Waals surface area (Å²) in [6, 6.07) is 11.0. The molecule has 0 heterocycles. The van der Waals surface area contributed by atoms with E-state index in [-0.39, 0.29) is 18.1 Å². The number of benzene rings is 2. The van der Waals surface area contributed by atoms with Gasteiger partial charge in [-0.1, -0.05) is 24.3 Å². The second-order valence-corrected chi connectivity index (χ2v) is 4.73. The molecule has 0 aliphatic rings. The van der Waals surface area contributed by atoms with E-state index in [4.69, 9.17) is 0 Å². The molecule has 2 nitrogen and oxygen atoms in total. The van der Waals surface area contributed by atoms with Gasteiger partial charge in [0.2, 0.25) is 0 Å². The van der Waals surface area contributed by atoms with E-state index < -0.39 is 6.61 Å². The van der Waals surface area contributed by atoms with Crippen molar-refractivity contribution in [3.63, 3.8) is 0 Å². The third-order valence-corrected chi connectivity index (χ3v) is 3.49. The van der Waals surface area contributed by atoms with E-state index >= 15 is 0 Å². The summed E-state index contributed by atoms with van der Waals surface area (Å²) in [5, 5.41) is 2.95. The molecule has 0 aromatic heterocycles. The van der Waals surface area contributed by atoms with Crippen LogP contribution in [0.25, 0.3) is 0 Å². The van der Waals surface area contributed by atoms with Crippen LogP contribution in [0.15, 0.2) is 46.9 Å². The molecule has 0 fully saturated rings. The van der Waals surface area contributed by atoms with Gasteiger partial charge in [-0.3, -0.25) is 0 Å². The van der Waals surface area contributed by atoms with E-state index in [1.165, 1.54) is 12.1 Å². The van der Waals surface area contributed by atoms with Crippen molar-refractivity contribution in [1.29, 1.82) is 0 Å². The van der Waals surface area contributed by atoms with E-state index in [0.717, 1.165) is 0 Å². The molecular weight excluding hydrogens is 335 g/mol. The van der Waals surface area contributed by atoms with Crippen LogP contribution < -0.4 is 10.1 Å². The number of nitrogens with one attached hydrogen (secondary N) is 1. The van der Waals surface area contributed by atoms with Gasteiger partial charge in [-0.15, -0.1) is 0 Å². The van der Waals surface area contributed by atoms with E-state index in [1.807, 2.05) is 0 Å². The van der Waals surface area contributed by atoms with E-state index in [1.54, 1.807) is 30.3 Å². The Hall–Kier alpha value is -1.69. The zero-order valence-electron chi connectivity index (χ0n) is 10.2. The van der Waals surface area contributed by atoms with Crippen molar-refractivity contribution in [2.75, 3.05) is 5.32 Å². The van der Waals surface area contributed by atoms with Gasteiger partial charge in [-0.05, 0) is 39.7 Å². The molecule has 2 rings (SSSR count). The molecule has 0 saturated carbocycles. The van der Waals surface area contributed by atoms with Crippen LogP contribution >= 0.6 is 15.9 Å². The summed E-state index contributed by atoms with van der Waals surface area (Å²) in [5.74, 6) is -0.323. The number of alkyl halides is 2. The Morgan fingerprint density at radius 3 is 2.60 bits per heavy atom. The van der Waals surface area contributed by atoms with Crippen molar-refractivity contribution in [3.8, 4) is 5.75 Å². The monoisotopic (exact) mass is 345 g/mol. The minimum absolute atomic E-state index is 0.0509. The molecule has 0 amide bonds. The van der Waals surface area contributed by atoms with Crippen LogP contribution in [-0.4, -0.2) is 6.61 Å². The maximum absolute atomic E-state index is 13.4. The van der Waals surface area contributed by atoms with Crippen molar-refractivity contribution in [3.05, 3.63) is 58.3 Å². The summed E-state index contributed by atoms with van der Waals surface area (Å²) in [6.07, 6.45) is 0.